The van der Waals surface area contributed by atoms with Crippen molar-refractivity contribution in [3.05, 3.63) is 29.3 Å². The first-order chi connectivity index (χ1) is 8.86. The average Bonchev–Trinajstić information content (AvgIpc) is 2.81. The van der Waals surface area contributed by atoms with Gasteiger partial charge in [-0.2, -0.15) is 0 Å². The maximum Gasteiger partial charge on any atom is 0.127 e. The molecular formula is C15H20N2O. The van der Waals surface area contributed by atoms with E-state index in [0.29, 0.717) is 5.92 Å². The highest BCUT2D eigenvalue weighted by Crippen LogP contribution is 2.57. The fraction of sp³-hybridized carbons (Fsp3) is 0.600. The van der Waals surface area contributed by atoms with Crippen molar-refractivity contribution in [1.29, 1.82) is 0 Å². The van der Waals surface area contributed by atoms with Crippen molar-refractivity contribution >= 4 is 0 Å². The maximum atomic E-state index is 5.83. The van der Waals surface area contributed by atoms with Gasteiger partial charge < -0.3 is 4.74 Å². The van der Waals surface area contributed by atoms with Crippen LogP contribution in [0.15, 0.2) is 18.2 Å². The monoisotopic (exact) mass is 244 g/mol. The molecule has 1 aliphatic heterocycles. The lowest BCUT2D eigenvalue weighted by Gasteiger charge is -2.25. The van der Waals surface area contributed by atoms with Crippen LogP contribution in [0.4, 0.5) is 0 Å². The fourth-order valence-electron chi connectivity index (χ4n) is 4.00. The van der Waals surface area contributed by atoms with Crippen LogP contribution in [0.25, 0.3) is 0 Å². The molecule has 0 amide bonds. The van der Waals surface area contributed by atoms with Crippen LogP contribution in [-0.4, -0.2) is 6.61 Å². The van der Waals surface area contributed by atoms with Gasteiger partial charge in [-0.15, -0.1) is 0 Å². The van der Waals surface area contributed by atoms with Gasteiger partial charge >= 0.3 is 0 Å². The lowest BCUT2D eigenvalue weighted by molar-refractivity contribution is 0.317. The molecule has 3 N–H and O–H groups in total. The summed E-state index contributed by atoms with van der Waals surface area (Å²) in [6, 6.07) is 6.76. The minimum atomic E-state index is 0.269. The Morgan fingerprint density at radius 2 is 2.06 bits per heavy atom. The minimum absolute atomic E-state index is 0.269. The third-order valence-corrected chi connectivity index (χ3v) is 5.01. The summed E-state index contributed by atoms with van der Waals surface area (Å²) < 4.78 is 5.81. The Morgan fingerprint density at radius 1 is 1.22 bits per heavy atom. The van der Waals surface area contributed by atoms with E-state index in [4.69, 9.17) is 10.6 Å². The lowest BCUT2D eigenvalue weighted by Crippen LogP contribution is -2.33. The second-order valence-corrected chi connectivity index (χ2v) is 6.07. The van der Waals surface area contributed by atoms with Gasteiger partial charge in [0.25, 0.3) is 0 Å². The first kappa shape index (κ1) is 10.8. The third-order valence-electron chi connectivity index (χ3n) is 5.01. The third kappa shape index (κ3) is 1.57. The van der Waals surface area contributed by atoms with Gasteiger partial charge in [-0.05, 0) is 42.6 Å². The molecule has 2 saturated carbocycles. The Balaban J connectivity index is 1.65. The zero-order valence-corrected chi connectivity index (χ0v) is 10.6. The summed E-state index contributed by atoms with van der Waals surface area (Å²) in [5, 5.41) is 0. The van der Waals surface area contributed by atoms with Gasteiger partial charge in [0.2, 0.25) is 0 Å². The SMILES string of the molecule is NNC(c1cccc2c1OCC2)C1CC2CC2C1. The zero-order valence-electron chi connectivity index (χ0n) is 10.6. The quantitative estimate of drug-likeness (QED) is 0.633. The van der Waals surface area contributed by atoms with Gasteiger partial charge in [0.15, 0.2) is 0 Å². The molecule has 2 fully saturated rings. The molecule has 0 radical (unpaired) electrons. The molecule has 1 aromatic rings. The highest BCUT2D eigenvalue weighted by Gasteiger charge is 2.48. The van der Waals surface area contributed by atoms with Crippen molar-refractivity contribution in [3.8, 4) is 5.75 Å². The van der Waals surface area contributed by atoms with Crippen LogP contribution < -0.4 is 16.0 Å². The van der Waals surface area contributed by atoms with E-state index in [9.17, 15) is 0 Å². The minimum Gasteiger partial charge on any atom is -0.493 e. The summed E-state index contributed by atoms with van der Waals surface area (Å²) in [5.74, 6) is 9.60. The van der Waals surface area contributed by atoms with Crippen molar-refractivity contribution in [3.63, 3.8) is 0 Å². The molecule has 0 bridgehead atoms. The Kier molecular flexibility index (Phi) is 2.39. The molecule has 3 aliphatic rings. The van der Waals surface area contributed by atoms with Crippen molar-refractivity contribution < 1.29 is 4.74 Å². The van der Waals surface area contributed by atoms with Crippen molar-refractivity contribution in [2.45, 2.75) is 31.7 Å². The Bertz CT molecular complexity index is 464. The second kappa shape index (κ2) is 3.97. The van der Waals surface area contributed by atoms with E-state index in [2.05, 4.69) is 23.6 Å². The molecule has 0 saturated heterocycles. The lowest BCUT2D eigenvalue weighted by atomic mass is 9.88. The topological polar surface area (TPSA) is 47.3 Å². The summed E-state index contributed by atoms with van der Waals surface area (Å²) in [4.78, 5) is 0. The van der Waals surface area contributed by atoms with Gasteiger partial charge in [-0.25, -0.2) is 0 Å². The molecule has 1 heterocycles. The molecule has 0 spiro atoms. The van der Waals surface area contributed by atoms with Gasteiger partial charge in [0.1, 0.15) is 5.75 Å². The van der Waals surface area contributed by atoms with Gasteiger partial charge in [0.05, 0.1) is 12.6 Å². The second-order valence-electron chi connectivity index (χ2n) is 6.07. The summed E-state index contributed by atoms with van der Waals surface area (Å²) >= 11 is 0. The molecule has 96 valence electrons. The van der Waals surface area contributed by atoms with Crippen molar-refractivity contribution in [2.24, 2.45) is 23.6 Å². The number of rotatable bonds is 3. The number of benzene rings is 1. The molecule has 3 nitrogen and oxygen atoms in total. The molecule has 3 heteroatoms. The number of para-hydroxylation sites is 1. The van der Waals surface area contributed by atoms with E-state index in [1.54, 1.807) is 0 Å². The summed E-state index contributed by atoms with van der Waals surface area (Å²) in [5.41, 5.74) is 5.67. The predicted molar refractivity (Wildman–Crippen MR) is 70.0 cm³/mol. The van der Waals surface area contributed by atoms with E-state index in [-0.39, 0.29) is 6.04 Å². The van der Waals surface area contributed by atoms with Crippen LogP contribution in [0, 0.1) is 17.8 Å². The van der Waals surface area contributed by atoms with Crippen LogP contribution in [0.1, 0.15) is 36.4 Å². The molecule has 4 rings (SSSR count). The highest BCUT2D eigenvalue weighted by molar-refractivity contribution is 5.46. The first-order valence-electron chi connectivity index (χ1n) is 7.07. The molecule has 0 aromatic heterocycles. The first-order valence-corrected chi connectivity index (χ1v) is 7.07. The van der Waals surface area contributed by atoms with Gasteiger partial charge in [0, 0.05) is 12.0 Å². The number of fused-ring (bicyclic) bond motifs is 2. The largest absolute Gasteiger partial charge is 0.493 e. The van der Waals surface area contributed by atoms with E-state index >= 15 is 0 Å². The van der Waals surface area contributed by atoms with Crippen LogP contribution >= 0.6 is 0 Å². The fourth-order valence-corrected chi connectivity index (χ4v) is 4.00. The number of hydrazine groups is 1. The molecule has 2 aliphatic carbocycles. The number of hydrogen-bond donors (Lipinski definition) is 2. The number of nitrogens with two attached hydrogens (primary N) is 1. The van der Waals surface area contributed by atoms with Gasteiger partial charge in [-0.1, -0.05) is 18.2 Å². The standard InChI is InChI=1S/C15H20N2O/c16-17-14(12-7-10-6-11(10)8-12)13-3-1-2-9-4-5-18-15(9)13/h1-3,10-12,14,17H,4-8,16H2. The van der Waals surface area contributed by atoms with E-state index in [0.717, 1.165) is 30.6 Å². The molecule has 1 aromatic carbocycles. The van der Waals surface area contributed by atoms with E-state index in [1.165, 1.54) is 30.4 Å². The smallest absolute Gasteiger partial charge is 0.127 e. The Morgan fingerprint density at radius 3 is 2.83 bits per heavy atom. The zero-order chi connectivity index (χ0) is 12.1. The molecule has 3 atom stereocenters. The highest BCUT2D eigenvalue weighted by atomic mass is 16.5. The summed E-state index contributed by atoms with van der Waals surface area (Å²) in [7, 11) is 0. The molecular weight excluding hydrogens is 224 g/mol. The van der Waals surface area contributed by atoms with Crippen LogP contribution in [0.3, 0.4) is 0 Å². The predicted octanol–water partition coefficient (Wildman–Crippen LogP) is 2.17. The van der Waals surface area contributed by atoms with E-state index < -0.39 is 0 Å². The van der Waals surface area contributed by atoms with Crippen LogP contribution in [0.5, 0.6) is 5.75 Å². The Hall–Kier alpha value is -1.06. The molecule has 3 unspecified atom stereocenters. The molecule has 18 heavy (non-hydrogen) atoms. The van der Waals surface area contributed by atoms with E-state index in [1.807, 2.05) is 0 Å². The van der Waals surface area contributed by atoms with Crippen LogP contribution in [0.2, 0.25) is 0 Å². The summed E-state index contributed by atoms with van der Waals surface area (Å²) in [6.07, 6.45) is 5.17. The maximum absolute atomic E-state index is 5.83. The number of nitrogens with one attached hydrogen (secondary N) is 1. The Labute approximate surface area is 108 Å². The van der Waals surface area contributed by atoms with Gasteiger partial charge in [-0.3, -0.25) is 11.3 Å². The summed E-state index contributed by atoms with van der Waals surface area (Å²) in [6.45, 7) is 0.819. The van der Waals surface area contributed by atoms with Crippen molar-refractivity contribution in [1.82, 2.24) is 5.43 Å². The average molecular weight is 244 g/mol. The van der Waals surface area contributed by atoms with Crippen molar-refractivity contribution in [2.75, 3.05) is 6.61 Å². The van der Waals surface area contributed by atoms with Crippen LogP contribution in [-0.2, 0) is 6.42 Å². The number of ether oxygens (including phenoxy) is 1. The number of hydrogen-bond acceptors (Lipinski definition) is 3. The normalized spacial score (nSPS) is 33.7.